The van der Waals surface area contributed by atoms with Crippen LogP contribution in [-0.4, -0.2) is 19.9 Å². The molecule has 2 heterocycles. The number of fused-ring (bicyclic) bond motifs is 1. The molecule has 0 radical (unpaired) electrons. The molecule has 0 aliphatic heterocycles. The number of hydrogen-bond acceptors (Lipinski definition) is 4. The first-order valence-corrected chi connectivity index (χ1v) is 8.53. The lowest BCUT2D eigenvalue weighted by Gasteiger charge is -2.11. The van der Waals surface area contributed by atoms with Crippen LogP contribution >= 0.6 is 12.4 Å². The Balaban J connectivity index is 0.00000280. The van der Waals surface area contributed by atoms with Gasteiger partial charge in [-0.1, -0.05) is 26.0 Å². The fourth-order valence-corrected chi connectivity index (χ4v) is 2.90. The Hall–Kier alpha value is -2.93. The minimum atomic E-state index is -0.850. The van der Waals surface area contributed by atoms with Crippen molar-refractivity contribution < 1.29 is 14.3 Å². The molecule has 148 valence electrons. The Morgan fingerprint density at radius 1 is 1.14 bits per heavy atom. The van der Waals surface area contributed by atoms with Gasteiger partial charge in [-0.15, -0.1) is 12.4 Å². The molecule has 1 N–H and O–H groups in total. The monoisotopic (exact) mass is 406 g/mol. The summed E-state index contributed by atoms with van der Waals surface area (Å²) < 4.78 is 15.6. The number of aromatic nitrogens is 2. The van der Waals surface area contributed by atoms with Crippen LogP contribution in [-0.2, 0) is 6.54 Å². The third kappa shape index (κ3) is 4.14. The quantitative estimate of drug-likeness (QED) is 0.660. The highest BCUT2D eigenvalue weighted by Crippen LogP contribution is 2.14. The molecular formula is C20H20ClFN2O4. The van der Waals surface area contributed by atoms with Crippen LogP contribution in [0.2, 0.25) is 0 Å². The van der Waals surface area contributed by atoms with Crippen molar-refractivity contribution in [1.29, 1.82) is 0 Å². The van der Waals surface area contributed by atoms with E-state index in [1.54, 1.807) is 12.1 Å². The summed E-state index contributed by atoms with van der Waals surface area (Å²) in [4.78, 5) is 37.4. The van der Waals surface area contributed by atoms with Gasteiger partial charge in [0.2, 0.25) is 5.43 Å². The summed E-state index contributed by atoms with van der Waals surface area (Å²) in [6, 6.07) is 5.67. The molecule has 0 amide bonds. The van der Waals surface area contributed by atoms with Crippen molar-refractivity contribution in [3.8, 4) is 5.75 Å². The first kappa shape index (κ1) is 21.4. The van der Waals surface area contributed by atoms with Crippen LogP contribution < -0.4 is 11.0 Å². The fraction of sp³-hybridized carbons (Fsp3) is 0.250. The fourth-order valence-electron chi connectivity index (χ4n) is 2.90. The molecule has 0 aliphatic carbocycles. The first-order chi connectivity index (χ1) is 12.8. The number of rotatable bonds is 5. The molecule has 3 rings (SSSR count). The van der Waals surface area contributed by atoms with Gasteiger partial charge in [0.05, 0.1) is 12.1 Å². The lowest BCUT2D eigenvalue weighted by molar-refractivity contribution is 0.0966. The minimum absolute atomic E-state index is 0. The maximum atomic E-state index is 13.0. The number of pyridine rings is 1. The Morgan fingerprint density at radius 2 is 1.79 bits per heavy atom. The van der Waals surface area contributed by atoms with E-state index in [4.69, 9.17) is 0 Å². The number of halogens is 2. The van der Waals surface area contributed by atoms with Gasteiger partial charge in [-0.25, -0.2) is 4.39 Å². The van der Waals surface area contributed by atoms with E-state index in [9.17, 15) is 23.9 Å². The van der Waals surface area contributed by atoms with Crippen molar-refractivity contribution in [2.75, 3.05) is 0 Å². The lowest BCUT2D eigenvalue weighted by atomic mass is 10.0. The van der Waals surface area contributed by atoms with Crippen molar-refractivity contribution in [2.45, 2.75) is 26.8 Å². The number of hydrogen-bond donors (Lipinski definition) is 1. The lowest BCUT2D eigenvalue weighted by Crippen LogP contribution is -2.26. The number of aromatic hydroxyl groups is 1. The second-order valence-corrected chi connectivity index (χ2v) is 6.86. The summed E-state index contributed by atoms with van der Waals surface area (Å²) >= 11 is 0. The Labute approximate surface area is 166 Å². The van der Waals surface area contributed by atoms with Crippen LogP contribution in [0, 0.1) is 11.7 Å². The van der Waals surface area contributed by atoms with E-state index in [0.29, 0.717) is 5.56 Å². The summed E-state index contributed by atoms with van der Waals surface area (Å²) in [6.45, 7) is 3.85. The normalized spacial score (nSPS) is 10.9. The maximum absolute atomic E-state index is 13.0. The molecule has 0 bridgehead atoms. The molecule has 1 aromatic carbocycles. The second kappa shape index (κ2) is 8.39. The Morgan fingerprint density at radius 3 is 2.39 bits per heavy atom. The van der Waals surface area contributed by atoms with Crippen LogP contribution in [0.4, 0.5) is 4.39 Å². The Kier molecular flexibility index (Phi) is 6.41. The van der Waals surface area contributed by atoms with Crippen molar-refractivity contribution in [3.05, 3.63) is 80.4 Å². The van der Waals surface area contributed by atoms with E-state index in [1.165, 1.54) is 39.7 Å². The summed E-state index contributed by atoms with van der Waals surface area (Å²) in [7, 11) is 0. The number of carbonyl (C=O) groups excluding carboxylic acids is 1. The van der Waals surface area contributed by atoms with Gasteiger partial charge in [-0.05, 0) is 23.6 Å². The average Bonchev–Trinajstić information content (AvgIpc) is 2.61. The Bertz CT molecular complexity index is 1130. The summed E-state index contributed by atoms with van der Waals surface area (Å²) in [5, 5.41) is 10.3. The van der Waals surface area contributed by atoms with Crippen LogP contribution in [0.15, 0.2) is 52.4 Å². The van der Waals surface area contributed by atoms with Gasteiger partial charge in [0.25, 0.3) is 5.56 Å². The zero-order chi connectivity index (χ0) is 19.7. The molecule has 28 heavy (non-hydrogen) atoms. The predicted molar refractivity (Wildman–Crippen MR) is 106 cm³/mol. The van der Waals surface area contributed by atoms with E-state index in [0.717, 1.165) is 0 Å². The van der Waals surface area contributed by atoms with Gasteiger partial charge < -0.3 is 14.1 Å². The van der Waals surface area contributed by atoms with Crippen molar-refractivity contribution in [1.82, 2.24) is 8.97 Å². The van der Waals surface area contributed by atoms with E-state index in [2.05, 4.69) is 0 Å². The summed E-state index contributed by atoms with van der Waals surface area (Å²) in [5.74, 6) is -1.45. The number of benzene rings is 1. The number of carbonyl (C=O) groups is 1. The second-order valence-electron chi connectivity index (χ2n) is 6.86. The number of Topliss-reactive ketones (excluding diaryl/α,β-unsaturated/α-hetero) is 1. The topological polar surface area (TPSA) is 80.8 Å². The molecule has 0 saturated carbocycles. The molecule has 0 saturated heterocycles. The van der Waals surface area contributed by atoms with Gasteiger partial charge in [0.1, 0.15) is 5.82 Å². The summed E-state index contributed by atoms with van der Waals surface area (Å²) in [6.07, 6.45) is 4.43. The zero-order valence-corrected chi connectivity index (χ0v) is 16.2. The molecule has 6 nitrogen and oxygen atoms in total. The number of nitrogens with zero attached hydrogens (tertiary/aromatic N) is 2. The predicted octanol–water partition coefficient (Wildman–Crippen LogP) is 3.00. The van der Waals surface area contributed by atoms with Gasteiger partial charge in [0, 0.05) is 25.0 Å². The molecule has 0 aliphatic rings. The SMILES string of the molecule is CC(C)CC(=O)c1cn2ccn(Cc3ccc(F)cc3)c(=O)c2c(O)c1=O.Cl. The molecule has 0 fully saturated rings. The van der Waals surface area contributed by atoms with E-state index in [-0.39, 0.29) is 54.0 Å². The van der Waals surface area contributed by atoms with Crippen LogP contribution in [0.25, 0.3) is 5.52 Å². The van der Waals surface area contributed by atoms with Crippen LogP contribution in [0.5, 0.6) is 5.75 Å². The zero-order valence-electron chi connectivity index (χ0n) is 15.4. The number of ketones is 1. The van der Waals surface area contributed by atoms with Gasteiger partial charge in [-0.2, -0.15) is 0 Å². The van der Waals surface area contributed by atoms with Gasteiger partial charge >= 0.3 is 0 Å². The van der Waals surface area contributed by atoms with Gasteiger partial charge in [0.15, 0.2) is 17.0 Å². The third-order valence-corrected chi connectivity index (χ3v) is 4.24. The molecule has 0 unspecified atom stereocenters. The molecule has 0 atom stereocenters. The highest BCUT2D eigenvalue weighted by atomic mass is 35.5. The molecule has 3 aromatic rings. The maximum Gasteiger partial charge on any atom is 0.279 e. The largest absolute Gasteiger partial charge is 0.503 e. The highest BCUT2D eigenvalue weighted by molar-refractivity contribution is 5.96. The van der Waals surface area contributed by atoms with Gasteiger partial charge in [-0.3, -0.25) is 14.4 Å². The first-order valence-electron chi connectivity index (χ1n) is 8.53. The summed E-state index contributed by atoms with van der Waals surface area (Å²) in [5.41, 5.74) is -1.09. The average molecular weight is 407 g/mol. The van der Waals surface area contributed by atoms with Crippen LogP contribution in [0.3, 0.4) is 0 Å². The van der Waals surface area contributed by atoms with E-state index in [1.807, 2.05) is 13.8 Å². The third-order valence-electron chi connectivity index (χ3n) is 4.24. The molecular weight excluding hydrogens is 387 g/mol. The molecule has 8 heteroatoms. The standard InChI is InChI=1S/C20H19FN2O4.ClH/c1-12(2)9-16(24)15-11-22-7-8-23(10-13-3-5-14(21)6-4-13)20(27)17(22)19(26)18(15)25;/h3-8,11-12,26H,9-10H2,1-2H3;1H. The molecule has 2 aromatic heterocycles. The van der Waals surface area contributed by atoms with Crippen molar-refractivity contribution >= 4 is 23.7 Å². The van der Waals surface area contributed by atoms with Crippen LogP contribution in [0.1, 0.15) is 36.2 Å². The van der Waals surface area contributed by atoms with Crippen molar-refractivity contribution in [2.24, 2.45) is 5.92 Å². The van der Waals surface area contributed by atoms with Crippen molar-refractivity contribution in [3.63, 3.8) is 0 Å². The minimum Gasteiger partial charge on any atom is -0.503 e. The molecule has 0 spiro atoms. The van der Waals surface area contributed by atoms with E-state index < -0.39 is 16.7 Å². The smallest absolute Gasteiger partial charge is 0.279 e. The highest BCUT2D eigenvalue weighted by Gasteiger charge is 2.19. The van der Waals surface area contributed by atoms with E-state index >= 15 is 0 Å².